The van der Waals surface area contributed by atoms with Crippen LogP contribution in [0.25, 0.3) is 0 Å². The van der Waals surface area contributed by atoms with Crippen molar-refractivity contribution < 1.29 is 24.2 Å². The molecule has 0 spiro atoms. The fourth-order valence-electron chi connectivity index (χ4n) is 2.44. The standard InChI is InChI=1S/C16H26Cl3N3O5/c1-4-9(2)12(23)13(24)20-10(3)14(25)22-7-5-6-11(21-22)15(26)27-8-16(17,18)19/h9-12,21,23H,4-8H2,1-3H3,(H,20,24)/t9-,10-,11-,12-/m0/s1. The van der Waals surface area contributed by atoms with E-state index in [-0.39, 0.29) is 5.92 Å². The van der Waals surface area contributed by atoms with Crippen LogP contribution >= 0.6 is 34.8 Å². The lowest BCUT2D eigenvalue weighted by Crippen LogP contribution is -2.60. The van der Waals surface area contributed by atoms with Gasteiger partial charge < -0.3 is 15.2 Å². The molecule has 1 heterocycles. The third kappa shape index (κ3) is 7.99. The minimum Gasteiger partial charge on any atom is -0.460 e. The number of hydrogen-bond donors (Lipinski definition) is 3. The highest BCUT2D eigenvalue weighted by Gasteiger charge is 2.33. The maximum atomic E-state index is 12.5. The Morgan fingerprint density at radius 2 is 1.96 bits per heavy atom. The van der Waals surface area contributed by atoms with E-state index in [0.29, 0.717) is 25.8 Å². The zero-order chi connectivity index (χ0) is 20.8. The van der Waals surface area contributed by atoms with Crippen LogP contribution < -0.4 is 10.7 Å². The molecule has 1 aliphatic heterocycles. The minimum absolute atomic E-state index is 0.225. The number of halogens is 3. The molecule has 11 heteroatoms. The van der Waals surface area contributed by atoms with Crippen molar-refractivity contribution in [2.75, 3.05) is 13.2 Å². The maximum Gasteiger partial charge on any atom is 0.325 e. The van der Waals surface area contributed by atoms with Crippen LogP contribution in [-0.2, 0) is 19.1 Å². The number of esters is 1. The lowest BCUT2D eigenvalue weighted by atomic mass is 10.0. The molecule has 8 nitrogen and oxygen atoms in total. The lowest BCUT2D eigenvalue weighted by Gasteiger charge is -2.34. The molecule has 1 rings (SSSR count). The van der Waals surface area contributed by atoms with Gasteiger partial charge in [-0.3, -0.25) is 19.4 Å². The molecule has 0 aliphatic carbocycles. The lowest BCUT2D eigenvalue weighted by molar-refractivity contribution is -0.153. The first-order valence-electron chi connectivity index (χ1n) is 8.75. The van der Waals surface area contributed by atoms with E-state index in [2.05, 4.69) is 10.7 Å². The number of amides is 2. The zero-order valence-electron chi connectivity index (χ0n) is 15.5. The van der Waals surface area contributed by atoms with Gasteiger partial charge in [0.05, 0.1) is 0 Å². The van der Waals surface area contributed by atoms with Gasteiger partial charge in [0.2, 0.25) is 9.70 Å². The predicted molar refractivity (Wildman–Crippen MR) is 102 cm³/mol. The Kier molecular flexibility index (Phi) is 9.57. The number of aliphatic hydroxyl groups is 1. The van der Waals surface area contributed by atoms with E-state index < -0.39 is 46.4 Å². The number of carbonyl (C=O) groups is 3. The summed E-state index contributed by atoms with van der Waals surface area (Å²) in [4.78, 5) is 36.6. The highest BCUT2D eigenvalue weighted by molar-refractivity contribution is 6.67. The predicted octanol–water partition coefficient (Wildman–Crippen LogP) is 1.31. The first-order chi connectivity index (χ1) is 12.5. The van der Waals surface area contributed by atoms with Crippen LogP contribution in [0.2, 0.25) is 0 Å². The van der Waals surface area contributed by atoms with E-state index in [1.165, 1.54) is 11.9 Å². The maximum absolute atomic E-state index is 12.5. The van der Waals surface area contributed by atoms with Crippen molar-refractivity contribution in [1.29, 1.82) is 0 Å². The van der Waals surface area contributed by atoms with Gasteiger partial charge in [-0.1, -0.05) is 55.1 Å². The van der Waals surface area contributed by atoms with Gasteiger partial charge in [0.15, 0.2) is 0 Å². The average molecular weight is 447 g/mol. The normalized spacial score (nSPS) is 21.1. The SMILES string of the molecule is CC[C@H](C)[C@H](O)C(=O)N[C@@H](C)C(=O)N1CCC[C@@H](C(=O)OCC(Cl)(Cl)Cl)N1. The Balaban J connectivity index is 2.59. The van der Waals surface area contributed by atoms with E-state index >= 15 is 0 Å². The summed E-state index contributed by atoms with van der Waals surface area (Å²) in [5.41, 5.74) is 2.77. The van der Waals surface area contributed by atoms with Crippen molar-refractivity contribution in [2.45, 2.75) is 62.0 Å². The van der Waals surface area contributed by atoms with Crippen LogP contribution in [-0.4, -0.2) is 63.0 Å². The Labute approximate surface area is 173 Å². The van der Waals surface area contributed by atoms with E-state index in [1.807, 2.05) is 6.92 Å². The fourth-order valence-corrected chi connectivity index (χ4v) is 2.61. The number of alkyl halides is 3. The number of aliphatic hydroxyl groups excluding tert-OH is 1. The van der Waals surface area contributed by atoms with Gasteiger partial charge in [0.25, 0.3) is 5.91 Å². The number of nitrogens with zero attached hydrogens (tertiary/aromatic N) is 1. The molecule has 0 unspecified atom stereocenters. The molecule has 3 N–H and O–H groups in total. The van der Waals surface area contributed by atoms with Crippen LogP contribution in [0.5, 0.6) is 0 Å². The third-order valence-corrected chi connectivity index (χ3v) is 4.62. The average Bonchev–Trinajstić information content (AvgIpc) is 2.63. The van der Waals surface area contributed by atoms with Gasteiger partial charge in [-0.05, 0) is 25.7 Å². The molecule has 27 heavy (non-hydrogen) atoms. The molecule has 0 aromatic rings. The summed E-state index contributed by atoms with van der Waals surface area (Å²) in [5, 5.41) is 13.7. The van der Waals surface area contributed by atoms with Crippen LogP contribution in [0.4, 0.5) is 0 Å². The Morgan fingerprint density at radius 3 is 2.52 bits per heavy atom. The second-order valence-corrected chi connectivity index (χ2v) is 9.11. The van der Waals surface area contributed by atoms with Gasteiger partial charge in [0, 0.05) is 6.54 Å². The molecule has 1 aliphatic rings. The first-order valence-corrected chi connectivity index (χ1v) is 9.89. The second-order valence-electron chi connectivity index (χ2n) is 6.60. The van der Waals surface area contributed by atoms with Gasteiger partial charge in [-0.2, -0.15) is 0 Å². The summed E-state index contributed by atoms with van der Waals surface area (Å²) in [5.74, 6) is -1.90. The molecule has 4 atom stereocenters. The second kappa shape index (κ2) is 10.7. The van der Waals surface area contributed by atoms with Gasteiger partial charge in [-0.15, -0.1) is 0 Å². The molecule has 1 saturated heterocycles. The van der Waals surface area contributed by atoms with Crippen LogP contribution in [0.15, 0.2) is 0 Å². The van der Waals surface area contributed by atoms with Crippen molar-refractivity contribution in [1.82, 2.24) is 15.8 Å². The number of nitrogens with one attached hydrogen (secondary N) is 2. The molecule has 0 aromatic heterocycles. The molecular formula is C16H26Cl3N3O5. The van der Waals surface area contributed by atoms with Gasteiger partial charge in [0.1, 0.15) is 24.8 Å². The van der Waals surface area contributed by atoms with Crippen LogP contribution in [0.1, 0.15) is 40.0 Å². The van der Waals surface area contributed by atoms with E-state index in [4.69, 9.17) is 39.5 Å². The highest BCUT2D eigenvalue weighted by atomic mass is 35.6. The smallest absolute Gasteiger partial charge is 0.325 e. The molecule has 0 saturated carbocycles. The fraction of sp³-hybridized carbons (Fsp3) is 0.812. The highest BCUT2D eigenvalue weighted by Crippen LogP contribution is 2.26. The molecule has 0 bridgehead atoms. The van der Waals surface area contributed by atoms with E-state index in [1.54, 1.807) is 6.92 Å². The number of hydrazine groups is 1. The minimum atomic E-state index is -1.71. The van der Waals surface area contributed by atoms with Gasteiger partial charge in [-0.25, -0.2) is 5.43 Å². The van der Waals surface area contributed by atoms with Crippen molar-refractivity contribution >= 4 is 52.6 Å². The van der Waals surface area contributed by atoms with Gasteiger partial charge >= 0.3 is 5.97 Å². The number of rotatable bonds is 7. The number of hydrogen-bond acceptors (Lipinski definition) is 6. The zero-order valence-corrected chi connectivity index (χ0v) is 17.8. The number of carbonyl (C=O) groups excluding carboxylic acids is 3. The summed E-state index contributed by atoms with van der Waals surface area (Å²) in [6.45, 7) is 5.07. The van der Waals surface area contributed by atoms with Crippen LogP contribution in [0, 0.1) is 5.92 Å². The quantitative estimate of drug-likeness (QED) is 0.402. The molecule has 0 aromatic carbocycles. The summed E-state index contributed by atoms with van der Waals surface area (Å²) in [6.07, 6.45) is 0.449. The monoisotopic (exact) mass is 445 g/mol. The Morgan fingerprint density at radius 1 is 1.33 bits per heavy atom. The van der Waals surface area contributed by atoms with Crippen molar-refractivity contribution in [2.24, 2.45) is 5.92 Å². The molecular weight excluding hydrogens is 421 g/mol. The van der Waals surface area contributed by atoms with Crippen molar-refractivity contribution in [3.8, 4) is 0 Å². The largest absolute Gasteiger partial charge is 0.460 e. The Hall–Kier alpha value is -0.800. The van der Waals surface area contributed by atoms with Crippen molar-refractivity contribution in [3.05, 3.63) is 0 Å². The summed E-state index contributed by atoms with van der Waals surface area (Å²) in [6, 6.07) is -1.64. The first kappa shape index (κ1) is 24.2. The van der Waals surface area contributed by atoms with Crippen LogP contribution in [0.3, 0.4) is 0 Å². The molecule has 156 valence electrons. The van der Waals surface area contributed by atoms with E-state index in [0.717, 1.165) is 0 Å². The number of ether oxygens (including phenoxy) is 1. The van der Waals surface area contributed by atoms with E-state index in [9.17, 15) is 19.5 Å². The Bertz CT molecular complexity index is 544. The van der Waals surface area contributed by atoms with Crippen molar-refractivity contribution in [3.63, 3.8) is 0 Å². The summed E-state index contributed by atoms with van der Waals surface area (Å²) in [7, 11) is 0. The third-order valence-electron chi connectivity index (χ3n) is 4.30. The molecule has 2 amide bonds. The molecule has 0 radical (unpaired) electrons. The summed E-state index contributed by atoms with van der Waals surface area (Å²) < 4.78 is 3.22. The topological polar surface area (TPSA) is 108 Å². The summed E-state index contributed by atoms with van der Waals surface area (Å²) >= 11 is 16.7. The molecule has 1 fully saturated rings.